The normalized spacial score (nSPS) is 32.6. The van der Waals surface area contributed by atoms with Crippen LogP contribution in [-0.4, -0.2) is 43.8 Å². The van der Waals surface area contributed by atoms with Gasteiger partial charge in [0.15, 0.2) is 0 Å². The molecule has 2 rings (SSSR count). The molecule has 5 nitrogen and oxygen atoms in total. The Labute approximate surface area is 83.4 Å². The minimum Gasteiger partial charge on any atom is -0.364 e. The van der Waals surface area contributed by atoms with Crippen LogP contribution in [-0.2, 0) is 9.53 Å². The molecule has 14 heavy (non-hydrogen) atoms. The maximum Gasteiger partial charge on any atom is 0.249 e. The molecule has 5 heteroatoms. The summed E-state index contributed by atoms with van der Waals surface area (Å²) in [5.41, 5.74) is 5.47. The predicted molar refractivity (Wildman–Crippen MR) is 51.7 cm³/mol. The van der Waals surface area contributed by atoms with Crippen LogP contribution in [0.4, 0.5) is 0 Å². The number of nitrogens with two attached hydrogens (primary N) is 1. The van der Waals surface area contributed by atoms with E-state index in [-0.39, 0.29) is 18.1 Å². The van der Waals surface area contributed by atoms with Gasteiger partial charge in [0, 0.05) is 19.6 Å². The Kier molecular flexibility index (Phi) is 3.00. The second kappa shape index (κ2) is 4.25. The maximum absolute atomic E-state index is 11.6. The van der Waals surface area contributed by atoms with Crippen LogP contribution in [0.5, 0.6) is 0 Å². The minimum atomic E-state index is -0.274. The highest BCUT2D eigenvalue weighted by atomic mass is 16.5. The molecule has 2 fully saturated rings. The summed E-state index contributed by atoms with van der Waals surface area (Å²) in [6.07, 6.45) is 1.50. The molecule has 1 amide bonds. The highest BCUT2D eigenvalue weighted by molar-refractivity contribution is 5.81. The van der Waals surface area contributed by atoms with E-state index in [4.69, 9.17) is 10.5 Å². The third-order valence-electron chi connectivity index (χ3n) is 2.79. The topological polar surface area (TPSA) is 76.4 Å². The summed E-state index contributed by atoms with van der Waals surface area (Å²) in [5.74, 6) is 0.0208. The van der Waals surface area contributed by atoms with E-state index in [9.17, 15) is 4.79 Å². The zero-order valence-corrected chi connectivity index (χ0v) is 8.16. The van der Waals surface area contributed by atoms with Gasteiger partial charge in [-0.05, 0) is 12.8 Å². The van der Waals surface area contributed by atoms with Gasteiger partial charge in [0.2, 0.25) is 5.91 Å². The van der Waals surface area contributed by atoms with Gasteiger partial charge in [-0.15, -0.1) is 0 Å². The summed E-state index contributed by atoms with van der Waals surface area (Å²) >= 11 is 0. The van der Waals surface area contributed by atoms with Crippen molar-refractivity contribution >= 4 is 5.91 Å². The fraction of sp³-hybridized carbons (Fsp3) is 0.889. The number of rotatable bonds is 3. The monoisotopic (exact) mass is 199 g/mol. The molecular formula is C9H17N3O2. The lowest BCUT2D eigenvalue weighted by atomic mass is 10.1. The SMILES string of the molecule is NCC1CCC(C(=O)NC2CNC2)O1. The van der Waals surface area contributed by atoms with Gasteiger partial charge in [-0.1, -0.05) is 0 Å². The quantitative estimate of drug-likeness (QED) is 0.521. The Balaban J connectivity index is 1.74. The van der Waals surface area contributed by atoms with Crippen LogP contribution in [0.25, 0.3) is 0 Å². The van der Waals surface area contributed by atoms with Crippen LogP contribution in [0.1, 0.15) is 12.8 Å². The fourth-order valence-corrected chi connectivity index (χ4v) is 1.76. The van der Waals surface area contributed by atoms with Crippen LogP contribution in [0.15, 0.2) is 0 Å². The summed E-state index contributed by atoms with van der Waals surface area (Å²) in [4.78, 5) is 11.6. The molecule has 2 atom stereocenters. The first-order valence-corrected chi connectivity index (χ1v) is 5.16. The minimum absolute atomic E-state index is 0.0208. The number of nitrogens with one attached hydrogen (secondary N) is 2. The van der Waals surface area contributed by atoms with Crippen LogP contribution < -0.4 is 16.4 Å². The Morgan fingerprint density at radius 2 is 2.29 bits per heavy atom. The molecule has 4 N–H and O–H groups in total. The first-order chi connectivity index (χ1) is 6.79. The molecule has 0 aromatic carbocycles. The van der Waals surface area contributed by atoms with E-state index >= 15 is 0 Å². The number of amides is 1. The first kappa shape index (κ1) is 9.89. The third-order valence-corrected chi connectivity index (χ3v) is 2.79. The molecule has 2 saturated heterocycles. The highest BCUT2D eigenvalue weighted by Crippen LogP contribution is 2.18. The summed E-state index contributed by atoms with van der Waals surface area (Å²) in [6.45, 7) is 2.26. The largest absolute Gasteiger partial charge is 0.364 e. The smallest absolute Gasteiger partial charge is 0.249 e. The standard InChI is InChI=1S/C9H17N3O2/c10-3-7-1-2-8(14-7)9(13)12-6-4-11-5-6/h6-8,11H,1-5,10H2,(H,12,13). The van der Waals surface area contributed by atoms with Crippen molar-refractivity contribution in [3.05, 3.63) is 0 Å². The molecule has 2 unspecified atom stereocenters. The first-order valence-electron chi connectivity index (χ1n) is 5.16. The van der Waals surface area contributed by atoms with Gasteiger partial charge >= 0.3 is 0 Å². The third kappa shape index (κ3) is 2.05. The van der Waals surface area contributed by atoms with E-state index in [0.717, 1.165) is 25.9 Å². The van der Waals surface area contributed by atoms with Gasteiger partial charge in [-0.25, -0.2) is 0 Å². The van der Waals surface area contributed by atoms with Crippen molar-refractivity contribution in [3.63, 3.8) is 0 Å². The number of carbonyl (C=O) groups excluding carboxylic acids is 1. The molecule has 0 spiro atoms. The van der Waals surface area contributed by atoms with Crippen molar-refractivity contribution in [2.75, 3.05) is 19.6 Å². The summed E-state index contributed by atoms with van der Waals surface area (Å²) in [5, 5.41) is 6.04. The predicted octanol–water partition coefficient (Wildman–Crippen LogP) is -1.42. The molecule has 0 aromatic heterocycles. The number of hydrogen-bond donors (Lipinski definition) is 3. The Morgan fingerprint density at radius 1 is 1.50 bits per heavy atom. The second-order valence-electron chi connectivity index (χ2n) is 3.92. The van der Waals surface area contributed by atoms with Gasteiger partial charge in [0.05, 0.1) is 12.1 Å². The van der Waals surface area contributed by atoms with E-state index in [0.29, 0.717) is 12.6 Å². The van der Waals surface area contributed by atoms with Crippen LogP contribution >= 0.6 is 0 Å². The Morgan fingerprint density at radius 3 is 2.79 bits per heavy atom. The summed E-state index contributed by atoms with van der Waals surface area (Å²) < 4.78 is 5.48. The van der Waals surface area contributed by atoms with E-state index in [1.54, 1.807) is 0 Å². The average molecular weight is 199 g/mol. The van der Waals surface area contributed by atoms with Crippen molar-refractivity contribution < 1.29 is 9.53 Å². The Hall–Kier alpha value is -0.650. The fourth-order valence-electron chi connectivity index (χ4n) is 1.76. The van der Waals surface area contributed by atoms with E-state index in [2.05, 4.69) is 10.6 Å². The number of ether oxygens (including phenoxy) is 1. The van der Waals surface area contributed by atoms with Crippen molar-refractivity contribution in [2.24, 2.45) is 5.73 Å². The molecule has 0 aromatic rings. The summed E-state index contributed by atoms with van der Waals surface area (Å²) in [6, 6.07) is 0.294. The van der Waals surface area contributed by atoms with Crippen molar-refractivity contribution in [1.82, 2.24) is 10.6 Å². The zero-order valence-electron chi connectivity index (χ0n) is 8.16. The molecule has 80 valence electrons. The van der Waals surface area contributed by atoms with E-state index < -0.39 is 0 Å². The van der Waals surface area contributed by atoms with Gasteiger partial charge in [0.25, 0.3) is 0 Å². The molecular weight excluding hydrogens is 182 g/mol. The molecule has 0 saturated carbocycles. The molecule has 0 aliphatic carbocycles. The molecule has 0 radical (unpaired) electrons. The van der Waals surface area contributed by atoms with Crippen LogP contribution in [0.3, 0.4) is 0 Å². The highest BCUT2D eigenvalue weighted by Gasteiger charge is 2.31. The van der Waals surface area contributed by atoms with E-state index in [1.165, 1.54) is 0 Å². The molecule has 2 aliphatic heterocycles. The van der Waals surface area contributed by atoms with Crippen LogP contribution in [0.2, 0.25) is 0 Å². The molecule has 2 aliphatic rings. The molecule has 0 bridgehead atoms. The lowest BCUT2D eigenvalue weighted by molar-refractivity contribution is -0.132. The lowest BCUT2D eigenvalue weighted by Crippen LogP contribution is -2.58. The Bertz CT molecular complexity index is 218. The number of carbonyl (C=O) groups is 1. The van der Waals surface area contributed by atoms with Crippen molar-refractivity contribution in [3.8, 4) is 0 Å². The average Bonchev–Trinajstić information content (AvgIpc) is 2.59. The van der Waals surface area contributed by atoms with E-state index in [1.807, 2.05) is 0 Å². The maximum atomic E-state index is 11.6. The molecule has 2 heterocycles. The van der Waals surface area contributed by atoms with Crippen LogP contribution in [0, 0.1) is 0 Å². The van der Waals surface area contributed by atoms with Crippen molar-refractivity contribution in [1.29, 1.82) is 0 Å². The second-order valence-corrected chi connectivity index (χ2v) is 3.92. The summed E-state index contributed by atoms with van der Waals surface area (Å²) in [7, 11) is 0. The lowest BCUT2D eigenvalue weighted by Gasteiger charge is -2.29. The van der Waals surface area contributed by atoms with Gasteiger partial charge in [-0.3, -0.25) is 4.79 Å². The van der Waals surface area contributed by atoms with Gasteiger partial charge in [-0.2, -0.15) is 0 Å². The number of hydrogen-bond acceptors (Lipinski definition) is 4. The van der Waals surface area contributed by atoms with Gasteiger partial charge < -0.3 is 21.1 Å². The van der Waals surface area contributed by atoms with Gasteiger partial charge in [0.1, 0.15) is 6.10 Å². The zero-order chi connectivity index (χ0) is 9.97. The van der Waals surface area contributed by atoms with Crippen molar-refractivity contribution in [2.45, 2.75) is 31.1 Å².